The Morgan fingerprint density at radius 2 is 1.89 bits per heavy atom. The summed E-state index contributed by atoms with van der Waals surface area (Å²) in [7, 11) is -2.24. The lowest BCUT2D eigenvalue weighted by Gasteiger charge is -2.51. The molecule has 1 aromatic carbocycles. The molecule has 0 bridgehead atoms. The molecule has 44 heavy (non-hydrogen) atoms. The van der Waals surface area contributed by atoms with Gasteiger partial charge in [-0.15, -0.1) is 0 Å². The lowest BCUT2D eigenvalue weighted by Crippen LogP contribution is -2.46. The number of aliphatic hydroxyl groups excluding tert-OH is 1. The molecular weight excluding hydrogens is 581 g/mol. The zero-order valence-electron chi connectivity index (χ0n) is 27.0. The molecule has 2 aliphatic carbocycles. The van der Waals surface area contributed by atoms with Gasteiger partial charge in [-0.05, 0) is 90.4 Å². The third kappa shape index (κ3) is 6.03. The molecule has 1 N–H and O–H groups in total. The van der Waals surface area contributed by atoms with Crippen molar-refractivity contribution in [2.75, 3.05) is 13.2 Å². The minimum Gasteiger partial charge on any atom is -0.410 e. The van der Waals surface area contributed by atoms with E-state index in [1.165, 1.54) is 18.6 Å². The van der Waals surface area contributed by atoms with Crippen LogP contribution >= 0.6 is 0 Å². The highest BCUT2D eigenvalue weighted by atomic mass is 28.4. The predicted octanol–water partition coefficient (Wildman–Crippen LogP) is 9.16. The Labute approximate surface area is 260 Å². The van der Waals surface area contributed by atoms with E-state index in [-0.39, 0.29) is 28.0 Å². The molecule has 5 rings (SSSR count). The van der Waals surface area contributed by atoms with Gasteiger partial charge in [-0.1, -0.05) is 53.2 Å². The quantitative estimate of drug-likeness (QED) is 0.324. The molecule has 0 amide bonds. The Bertz CT molecular complexity index is 1500. The highest BCUT2D eigenvalue weighted by Crippen LogP contribution is 2.57. The number of pyridine rings is 1. The van der Waals surface area contributed by atoms with Crippen LogP contribution < -0.4 is 0 Å². The number of halogens is 3. The van der Waals surface area contributed by atoms with Gasteiger partial charge in [-0.25, -0.2) is 0 Å². The van der Waals surface area contributed by atoms with Crippen LogP contribution in [0.25, 0.3) is 5.57 Å². The van der Waals surface area contributed by atoms with Crippen molar-refractivity contribution >= 4 is 13.9 Å². The molecule has 1 spiro atoms. The fourth-order valence-corrected chi connectivity index (χ4v) is 8.10. The SMILES string of the molecule is CC(C)c1nc2c(c(C3=CCOCC3)c1C(O)c1ccc(C(F)(F)F)c(C#N)c1)[C@@H](O[Si](C)(C)C(C)(C)C)CC1(CCC1)C2. The van der Waals surface area contributed by atoms with Gasteiger partial charge in [-0.3, -0.25) is 4.98 Å². The number of alkyl halides is 3. The van der Waals surface area contributed by atoms with E-state index in [9.17, 15) is 23.5 Å². The van der Waals surface area contributed by atoms with Gasteiger partial charge in [-0.2, -0.15) is 18.4 Å². The number of aromatic nitrogens is 1. The summed E-state index contributed by atoms with van der Waals surface area (Å²) in [6, 6.07) is 5.05. The van der Waals surface area contributed by atoms with E-state index in [1.807, 2.05) is 13.8 Å². The summed E-state index contributed by atoms with van der Waals surface area (Å²) in [4.78, 5) is 5.31. The van der Waals surface area contributed by atoms with Crippen LogP contribution in [0.15, 0.2) is 24.3 Å². The molecule has 238 valence electrons. The van der Waals surface area contributed by atoms with Gasteiger partial charge in [0, 0.05) is 22.5 Å². The molecule has 1 aromatic heterocycles. The molecule has 1 saturated carbocycles. The zero-order chi connectivity index (χ0) is 32.2. The van der Waals surface area contributed by atoms with Crippen LogP contribution in [0.3, 0.4) is 0 Å². The number of hydrogen-bond acceptors (Lipinski definition) is 5. The first-order valence-electron chi connectivity index (χ1n) is 15.8. The molecule has 0 radical (unpaired) electrons. The summed E-state index contributed by atoms with van der Waals surface area (Å²) in [6.07, 6.45) is 1.75. The molecule has 9 heteroatoms. The van der Waals surface area contributed by atoms with Crippen LogP contribution in [0, 0.1) is 16.7 Å². The van der Waals surface area contributed by atoms with E-state index >= 15 is 0 Å². The van der Waals surface area contributed by atoms with Crippen LogP contribution in [0.1, 0.15) is 130 Å². The van der Waals surface area contributed by atoms with Crippen molar-refractivity contribution in [1.82, 2.24) is 4.98 Å². The van der Waals surface area contributed by atoms with Crippen molar-refractivity contribution in [3.63, 3.8) is 0 Å². The van der Waals surface area contributed by atoms with Crippen molar-refractivity contribution in [1.29, 1.82) is 5.26 Å². The molecule has 2 atom stereocenters. The molecule has 2 heterocycles. The number of benzene rings is 1. The van der Waals surface area contributed by atoms with E-state index in [2.05, 4.69) is 39.9 Å². The van der Waals surface area contributed by atoms with Gasteiger partial charge < -0.3 is 14.3 Å². The Morgan fingerprint density at radius 3 is 2.41 bits per heavy atom. The van der Waals surface area contributed by atoms with Crippen LogP contribution in [-0.4, -0.2) is 31.6 Å². The van der Waals surface area contributed by atoms with Crippen molar-refractivity contribution in [3.05, 3.63) is 69.0 Å². The Morgan fingerprint density at radius 1 is 1.18 bits per heavy atom. The second-order valence-electron chi connectivity index (χ2n) is 14.8. The monoisotopic (exact) mass is 626 g/mol. The Kier molecular flexibility index (Phi) is 8.73. The number of nitrogens with zero attached hydrogens (tertiary/aromatic N) is 2. The third-order valence-electron chi connectivity index (χ3n) is 10.4. The van der Waals surface area contributed by atoms with Gasteiger partial charge in [0.15, 0.2) is 8.32 Å². The first-order valence-corrected chi connectivity index (χ1v) is 18.7. The Hall–Kier alpha value is -2.51. The van der Waals surface area contributed by atoms with Crippen molar-refractivity contribution < 1.29 is 27.4 Å². The molecular formula is C35H45F3N2O3Si. The van der Waals surface area contributed by atoms with Gasteiger partial charge in [0.05, 0.1) is 36.5 Å². The maximum atomic E-state index is 13.7. The lowest BCUT2D eigenvalue weighted by molar-refractivity contribution is -0.137. The number of rotatable bonds is 6. The molecule has 1 fully saturated rings. The smallest absolute Gasteiger partial charge is 0.410 e. The second-order valence-corrected chi connectivity index (χ2v) is 19.5. The largest absolute Gasteiger partial charge is 0.417 e. The molecule has 2 aromatic rings. The van der Waals surface area contributed by atoms with E-state index in [0.717, 1.165) is 59.8 Å². The van der Waals surface area contributed by atoms with E-state index in [4.69, 9.17) is 14.1 Å². The molecule has 1 unspecified atom stereocenters. The summed E-state index contributed by atoms with van der Waals surface area (Å²) >= 11 is 0. The maximum absolute atomic E-state index is 13.7. The summed E-state index contributed by atoms with van der Waals surface area (Å²) in [5, 5.41) is 21.7. The van der Waals surface area contributed by atoms with Gasteiger partial charge in [0.1, 0.15) is 6.10 Å². The number of aliphatic hydroxyl groups is 1. The first-order chi connectivity index (χ1) is 20.5. The molecule has 0 saturated heterocycles. The van der Waals surface area contributed by atoms with Gasteiger partial charge >= 0.3 is 6.18 Å². The first kappa shape index (κ1) is 32.9. The fourth-order valence-electron chi connectivity index (χ4n) is 6.83. The predicted molar refractivity (Wildman–Crippen MR) is 168 cm³/mol. The highest BCUT2D eigenvalue weighted by Gasteiger charge is 2.49. The highest BCUT2D eigenvalue weighted by molar-refractivity contribution is 6.74. The van der Waals surface area contributed by atoms with Crippen LogP contribution in [0.4, 0.5) is 13.2 Å². The standard InChI is InChI=1S/C35H45F3N2O3Si/c1-21(2)31-30(32(41)23-9-10-25(35(36,37)38)24(17-23)20-39)28(22-11-15-42-16-12-22)29-26(40-31)18-34(13-8-14-34)19-27(29)43-44(6,7)33(3,4)5/h9-11,17,21,27,32,41H,8,12-16,18-19H2,1-7H3/t27-,32?/m0/s1. The average Bonchev–Trinajstić information content (AvgIpc) is 2.93. The lowest BCUT2D eigenvalue weighted by atomic mass is 9.59. The summed E-state index contributed by atoms with van der Waals surface area (Å²) in [5.41, 5.74) is 4.20. The second kappa shape index (κ2) is 11.7. The Balaban J connectivity index is 1.78. The minimum atomic E-state index is -4.67. The van der Waals surface area contributed by atoms with E-state index < -0.39 is 31.7 Å². The average molecular weight is 627 g/mol. The van der Waals surface area contributed by atoms with Crippen molar-refractivity contribution in [2.24, 2.45) is 5.41 Å². The maximum Gasteiger partial charge on any atom is 0.417 e. The van der Waals surface area contributed by atoms with Crippen molar-refractivity contribution in [2.45, 2.75) is 116 Å². The van der Waals surface area contributed by atoms with Crippen LogP contribution in [0.5, 0.6) is 0 Å². The van der Waals surface area contributed by atoms with Crippen LogP contribution in [-0.2, 0) is 21.8 Å². The minimum absolute atomic E-state index is 0.0168. The summed E-state index contributed by atoms with van der Waals surface area (Å²) in [6.45, 7) is 16.3. The fraction of sp³-hybridized carbons (Fsp3) is 0.600. The van der Waals surface area contributed by atoms with E-state index in [0.29, 0.717) is 25.2 Å². The van der Waals surface area contributed by atoms with E-state index in [1.54, 1.807) is 6.07 Å². The van der Waals surface area contributed by atoms with Crippen molar-refractivity contribution in [3.8, 4) is 6.07 Å². The summed E-state index contributed by atoms with van der Waals surface area (Å²) in [5.74, 6) is -0.0620. The molecule has 3 aliphatic rings. The third-order valence-corrected chi connectivity index (χ3v) is 14.9. The zero-order valence-corrected chi connectivity index (χ0v) is 28.0. The van der Waals surface area contributed by atoms with Gasteiger partial charge in [0.25, 0.3) is 0 Å². The van der Waals surface area contributed by atoms with Crippen LogP contribution in [0.2, 0.25) is 18.1 Å². The normalized spacial score (nSPS) is 21.0. The summed E-state index contributed by atoms with van der Waals surface area (Å²) < 4.78 is 53.9. The molecule has 5 nitrogen and oxygen atoms in total. The number of hydrogen-bond donors (Lipinski definition) is 1. The molecule has 1 aliphatic heterocycles. The number of fused-ring (bicyclic) bond motifs is 1. The van der Waals surface area contributed by atoms with Gasteiger partial charge in [0.2, 0.25) is 0 Å². The topological polar surface area (TPSA) is 75.4 Å². The number of nitriles is 1. The number of ether oxygens (including phenoxy) is 1.